The van der Waals surface area contributed by atoms with Gasteiger partial charge in [0, 0.05) is 24.4 Å². The van der Waals surface area contributed by atoms with Gasteiger partial charge in [-0.05, 0) is 13.0 Å². The molecule has 8 heteroatoms. The Hall–Kier alpha value is -3.29. The van der Waals surface area contributed by atoms with Gasteiger partial charge in [-0.15, -0.1) is 6.58 Å². The van der Waals surface area contributed by atoms with E-state index in [1.54, 1.807) is 13.0 Å². The minimum absolute atomic E-state index is 0.174. The molecule has 2 rings (SSSR count). The summed E-state index contributed by atoms with van der Waals surface area (Å²) in [5.74, 6) is -0.665. The summed E-state index contributed by atoms with van der Waals surface area (Å²) >= 11 is 0. The van der Waals surface area contributed by atoms with E-state index in [2.05, 4.69) is 17.0 Å². The number of nitro benzene ring substituents is 1. The molecule has 0 aliphatic carbocycles. The molecule has 2 aromatic rings. The molecule has 1 aromatic carbocycles. The van der Waals surface area contributed by atoms with Crippen LogP contribution in [-0.4, -0.2) is 27.2 Å². The van der Waals surface area contributed by atoms with Crippen LogP contribution < -0.4 is 10.7 Å². The van der Waals surface area contributed by atoms with Gasteiger partial charge in [0.2, 0.25) is 5.43 Å². The van der Waals surface area contributed by atoms with Crippen molar-refractivity contribution in [1.29, 1.82) is 0 Å². The predicted molar refractivity (Wildman–Crippen MR) is 83.8 cm³/mol. The molecule has 118 valence electrons. The summed E-state index contributed by atoms with van der Waals surface area (Å²) in [5, 5.41) is 17.6. The summed E-state index contributed by atoms with van der Waals surface area (Å²) < 4.78 is 1.21. The summed E-state index contributed by atoms with van der Waals surface area (Å²) in [6.45, 7) is 5.23. The number of rotatable bonds is 5. The van der Waals surface area contributed by atoms with Gasteiger partial charge in [0.25, 0.3) is 11.6 Å². The van der Waals surface area contributed by atoms with Gasteiger partial charge >= 0.3 is 0 Å². The number of hydrogen-bond acceptors (Lipinski definition) is 5. The standard InChI is InChI=1S/C15H14N4O4/c1-3-8-16-15(21)14-13(20)9-10(2)18(17-14)11-6-4-5-7-12(11)19(22)23/h3-7,9H,1,8H2,2H3,(H,16,21). The van der Waals surface area contributed by atoms with E-state index in [-0.39, 0.29) is 23.6 Å². The molecule has 1 N–H and O–H groups in total. The Kier molecular flexibility index (Phi) is 4.65. The Bertz CT molecular complexity index is 842. The first-order valence-corrected chi connectivity index (χ1v) is 6.69. The minimum Gasteiger partial charge on any atom is -0.347 e. The summed E-state index contributed by atoms with van der Waals surface area (Å²) in [7, 11) is 0. The number of carbonyl (C=O) groups excluding carboxylic acids is 1. The highest BCUT2D eigenvalue weighted by Crippen LogP contribution is 2.22. The highest BCUT2D eigenvalue weighted by atomic mass is 16.6. The summed E-state index contributed by atoms with van der Waals surface area (Å²) in [6, 6.07) is 7.17. The van der Waals surface area contributed by atoms with Crippen molar-refractivity contribution in [2.24, 2.45) is 0 Å². The lowest BCUT2D eigenvalue weighted by molar-refractivity contribution is -0.384. The topological polar surface area (TPSA) is 107 Å². The molecular formula is C15H14N4O4. The SMILES string of the molecule is C=CCNC(=O)c1nn(-c2ccccc2[N+](=O)[O-])c(C)cc1=O. The van der Waals surface area contributed by atoms with Crippen LogP contribution in [0.1, 0.15) is 16.2 Å². The normalized spacial score (nSPS) is 10.1. The van der Waals surface area contributed by atoms with E-state index in [0.29, 0.717) is 5.69 Å². The van der Waals surface area contributed by atoms with Crippen molar-refractivity contribution in [2.75, 3.05) is 6.54 Å². The van der Waals surface area contributed by atoms with E-state index < -0.39 is 16.3 Å². The maximum atomic E-state index is 12.0. The van der Waals surface area contributed by atoms with Crippen LogP contribution in [0.5, 0.6) is 0 Å². The van der Waals surface area contributed by atoms with Crippen LogP contribution >= 0.6 is 0 Å². The molecule has 0 fully saturated rings. The summed E-state index contributed by atoms with van der Waals surface area (Å²) in [6.07, 6.45) is 1.46. The second kappa shape index (κ2) is 6.65. The van der Waals surface area contributed by atoms with Gasteiger partial charge in [0.1, 0.15) is 5.69 Å². The zero-order chi connectivity index (χ0) is 17.0. The molecule has 0 atom stereocenters. The zero-order valence-corrected chi connectivity index (χ0v) is 12.4. The third kappa shape index (κ3) is 3.31. The Balaban J connectivity index is 2.61. The largest absolute Gasteiger partial charge is 0.347 e. The second-order valence-electron chi connectivity index (χ2n) is 4.65. The molecule has 1 aromatic heterocycles. The maximum absolute atomic E-state index is 12.0. The fourth-order valence-electron chi connectivity index (χ4n) is 1.99. The number of aromatic nitrogens is 2. The van der Waals surface area contributed by atoms with E-state index in [1.165, 1.54) is 35.0 Å². The van der Waals surface area contributed by atoms with Crippen LogP contribution in [0.15, 0.2) is 47.8 Å². The molecule has 0 radical (unpaired) electrons. The molecule has 0 unspecified atom stereocenters. The van der Waals surface area contributed by atoms with Crippen molar-refractivity contribution in [3.63, 3.8) is 0 Å². The quantitative estimate of drug-likeness (QED) is 0.509. The highest BCUT2D eigenvalue weighted by Gasteiger charge is 2.19. The molecule has 0 aliphatic heterocycles. The number of aryl methyl sites for hydroxylation is 1. The Morgan fingerprint density at radius 3 is 2.83 bits per heavy atom. The fourth-order valence-corrected chi connectivity index (χ4v) is 1.99. The molecule has 0 aliphatic rings. The Morgan fingerprint density at radius 1 is 1.48 bits per heavy atom. The van der Waals surface area contributed by atoms with Gasteiger partial charge in [-0.25, -0.2) is 4.68 Å². The van der Waals surface area contributed by atoms with Crippen LogP contribution in [0.2, 0.25) is 0 Å². The lowest BCUT2D eigenvalue weighted by atomic mass is 10.2. The van der Waals surface area contributed by atoms with E-state index >= 15 is 0 Å². The van der Waals surface area contributed by atoms with Gasteiger partial charge in [-0.2, -0.15) is 5.10 Å². The number of nitrogens with one attached hydrogen (secondary N) is 1. The lowest BCUT2D eigenvalue weighted by Crippen LogP contribution is -2.32. The number of benzene rings is 1. The van der Waals surface area contributed by atoms with Crippen molar-refractivity contribution in [3.8, 4) is 5.69 Å². The number of para-hydroxylation sites is 2. The van der Waals surface area contributed by atoms with Gasteiger partial charge in [0.15, 0.2) is 5.69 Å². The monoisotopic (exact) mass is 314 g/mol. The van der Waals surface area contributed by atoms with Crippen molar-refractivity contribution in [1.82, 2.24) is 15.1 Å². The van der Waals surface area contributed by atoms with Crippen molar-refractivity contribution in [3.05, 3.63) is 74.7 Å². The number of nitro groups is 1. The smallest absolute Gasteiger partial charge is 0.294 e. The molecule has 23 heavy (non-hydrogen) atoms. The average Bonchev–Trinajstić information content (AvgIpc) is 2.52. The highest BCUT2D eigenvalue weighted by molar-refractivity contribution is 5.92. The molecule has 0 saturated carbocycles. The summed E-state index contributed by atoms with van der Waals surface area (Å²) in [5.41, 5.74) is -0.518. The van der Waals surface area contributed by atoms with Crippen molar-refractivity contribution >= 4 is 11.6 Å². The maximum Gasteiger partial charge on any atom is 0.294 e. The van der Waals surface area contributed by atoms with E-state index in [4.69, 9.17) is 0 Å². The summed E-state index contributed by atoms with van der Waals surface area (Å²) in [4.78, 5) is 34.5. The van der Waals surface area contributed by atoms with Crippen LogP contribution in [0.3, 0.4) is 0 Å². The Morgan fingerprint density at radius 2 is 2.17 bits per heavy atom. The molecule has 1 amide bonds. The van der Waals surface area contributed by atoms with E-state index in [0.717, 1.165) is 0 Å². The van der Waals surface area contributed by atoms with Crippen LogP contribution in [0.4, 0.5) is 5.69 Å². The second-order valence-corrected chi connectivity index (χ2v) is 4.65. The van der Waals surface area contributed by atoms with E-state index in [9.17, 15) is 19.7 Å². The first kappa shape index (κ1) is 16.1. The molecule has 0 saturated heterocycles. The van der Waals surface area contributed by atoms with Crippen molar-refractivity contribution in [2.45, 2.75) is 6.92 Å². The Labute approximate surface area is 131 Å². The van der Waals surface area contributed by atoms with Crippen molar-refractivity contribution < 1.29 is 9.72 Å². The minimum atomic E-state index is -0.665. The van der Waals surface area contributed by atoms with Gasteiger partial charge in [-0.1, -0.05) is 18.2 Å². The van der Waals surface area contributed by atoms with Gasteiger partial charge < -0.3 is 5.32 Å². The lowest BCUT2D eigenvalue weighted by Gasteiger charge is -2.11. The molecule has 0 spiro atoms. The molecule has 1 heterocycles. The first-order chi connectivity index (χ1) is 11.0. The van der Waals surface area contributed by atoms with Crippen LogP contribution in [0, 0.1) is 17.0 Å². The third-order valence-corrected chi connectivity index (χ3v) is 3.04. The number of nitrogens with zero attached hydrogens (tertiary/aromatic N) is 3. The van der Waals surface area contributed by atoms with Gasteiger partial charge in [-0.3, -0.25) is 19.7 Å². The average molecular weight is 314 g/mol. The number of amides is 1. The molecular weight excluding hydrogens is 300 g/mol. The zero-order valence-electron chi connectivity index (χ0n) is 12.4. The predicted octanol–water partition coefficient (Wildman–Crippen LogP) is 1.36. The number of hydrogen-bond donors (Lipinski definition) is 1. The fraction of sp³-hybridized carbons (Fsp3) is 0.133. The van der Waals surface area contributed by atoms with Crippen LogP contribution in [-0.2, 0) is 0 Å². The third-order valence-electron chi connectivity index (χ3n) is 3.04. The van der Waals surface area contributed by atoms with E-state index in [1.807, 2.05) is 0 Å². The first-order valence-electron chi connectivity index (χ1n) is 6.69. The molecule has 8 nitrogen and oxygen atoms in total. The molecule has 0 bridgehead atoms. The van der Waals surface area contributed by atoms with Gasteiger partial charge in [0.05, 0.1) is 4.92 Å². The van der Waals surface area contributed by atoms with Crippen LogP contribution in [0.25, 0.3) is 5.69 Å². The number of carbonyl (C=O) groups is 1.